The summed E-state index contributed by atoms with van der Waals surface area (Å²) in [7, 11) is -1.26. The maximum Gasteiger partial charge on any atom is 0.264 e. The van der Waals surface area contributed by atoms with Gasteiger partial charge in [0.1, 0.15) is 11.1 Å². The second-order valence-electron chi connectivity index (χ2n) is 7.99. The quantitative estimate of drug-likeness (QED) is 0.246. The third-order valence-corrected chi connectivity index (χ3v) is 7.97. The number of benzene rings is 2. The van der Waals surface area contributed by atoms with Gasteiger partial charge < -0.3 is 9.64 Å². The molecule has 1 aliphatic rings. The van der Waals surface area contributed by atoms with Crippen molar-refractivity contribution in [1.82, 2.24) is 9.88 Å². The van der Waals surface area contributed by atoms with Gasteiger partial charge in [-0.15, -0.1) is 23.1 Å². The summed E-state index contributed by atoms with van der Waals surface area (Å²) < 4.78 is 35.0. The summed E-state index contributed by atoms with van der Waals surface area (Å²) in [4.78, 5) is 8.28. The van der Waals surface area contributed by atoms with Crippen molar-refractivity contribution in [2.24, 2.45) is 0 Å². The molecule has 1 saturated heterocycles. The number of likely N-dealkylation sites (tertiary alicyclic amines) is 1. The summed E-state index contributed by atoms with van der Waals surface area (Å²) in [6, 6.07) is 16.4. The van der Waals surface area contributed by atoms with Crippen LogP contribution in [0.3, 0.4) is 0 Å². The first kappa shape index (κ1) is 23.7. The molecule has 0 aliphatic carbocycles. The minimum absolute atomic E-state index is 0.154. The molecule has 2 aromatic carbocycles. The predicted octanol–water partition coefficient (Wildman–Crippen LogP) is 4.56. The molecule has 172 valence electrons. The molecular formula is C23H28N2O4S3. The molecule has 0 amide bonds. The Morgan fingerprint density at radius 1 is 1.19 bits per heavy atom. The molecule has 0 spiro atoms. The fraction of sp³-hybridized carbons (Fsp3) is 0.435. The number of rotatable bonds is 9. The molecule has 0 N–H and O–H groups in total. The summed E-state index contributed by atoms with van der Waals surface area (Å²) in [6.07, 6.45) is 3.06. The van der Waals surface area contributed by atoms with Gasteiger partial charge in [0, 0.05) is 23.7 Å². The topological polar surface area (TPSA) is 68.7 Å². The summed E-state index contributed by atoms with van der Waals surface area (Å²) in [5, 5.41) is 0.965. The van der Waals surface area contributed by atoms with E-state index in [0.717, 1.165) is 57.9 Å². The molecule has 4 rings (SSSR count). The van der Waals surface area contributed by atoms with Crippen molar-refractivity contribution in [2.45, 2.75) is 29.9 Å². The van der Waals surface area contributed by atoms with Crippen LogP contribution in [-0.4, -0.2) is 63.2 Å². The van der Waals surface area contributed by atoms with Crippen LogP contribution < -0.4 is 0 Å². The van der Waals surface area contributed by atoms with Crippen LogP contribution >= 0.6 is 23.1 Å². The molecule has 3 aromatic rings. The van der Waals surface area contributed by atoms with E-state index >= 15 is 0 Å². The van der Waals surface area contributed by atoms with E-state index in [1.54, 1.807) is 23.1 Å². The van der Waals surface area contributed by atoms with Crippen LogP contribution in [0.5, 0.6) is 0 Å². The number of hydrogen-bond acceptors (Lipinski definition) is 8. The zero-order valence-electron chi connectivity index (χ0n) is 18.3. The van der Waals surface area contributed by atoms with E-state index in [9.17, 15) is 8.42 Å². The van der Waals surface area contributed by atoms with Crippen molar-refractivity contribution in [3.63, 3.8) is 0 Å². The summed E-state index contributed by atoms with van der Waals surface area (Å²) in [5.41, 5.74) is 2.06. The maximum absolute atomic E-state index is 11.2. The molecule has 1 atom stereocenters. The fourth-order valence-electron chi connectivity index (χ4n) is 3.71. The average molecular weight is 493 g/mol. The van der Waals surface area contributed by atoms with Crippen molar-refractivity contribution < 1.29 is 17.3 Å². The number of fused-ring (bicyclic) bond motifs is 1. The first-order valence-electron chi connectivity index (χ1n) is 10.6. The molecule has 9 heteroatoms. The molecule has 32 heavy (non-hydrogen) atoms. The lowest BCUT2D eigenvalue weighted by molar-refractivity contribution is -0.0235. The minimum Gasteiger partial charge on any atom is -0.363 e. The monoisotopic (exact) mass is 492 g/mol. The normalized spacial score (nSPS) is 17.1. The standard InChI is InChI=1S/C23H28N2O4S3/c1-25-12-10-18(11-13-25)29-22(23-24-20-8-3-4-9-21(20)31-23)17-6-5-7-19(16-17)30-15-14-28-32(2,26)27/h3-9,16,18,22H,10-15H2,1-2H3. The van der Waals surface area contributed by atoms with E-state index in [1.165, 1.54) is 0 Å². The molecule has 2 heterocycles. The maximum atomic E-state index is 11.2. The van der Waals surface area contributed by atoms with Crippen LogP contribution in [0.1, 0.15) is 29.5 Å². The zero-order chi connectivity index (χ0) is 22.6. The number of nitrogens with zero attached hydrogens (tertiary/aromatic N) is 2. The Hall–Kier alpha value is -1.49. The molecule has 0 saturated carbocycles. The van der Waals surface area contributed by atoms with Gasteiger partial charge in [0.15, 0.2) is 0 Å². The number of thiazole rings is 1. The number of hydrogen-bond donors (Lipinski definition) is 0. The highest BCUT2D eigenvalue weighted by molar-refractivity contribution is 7.99. The Morgan fingerprint density at radius 2 is 1.97 bits per heavy atom. The molecule has 1 unspecified atom stereocenters. The lowest BCUT2D eigenvalue weighted by Crippen LogP contribution is -2.35. The Kier molecular flexibility index (Phi) is 7.86. The van der Waals surface area contributed by atoms with Crippen molar-refractivity contribution >= 4 is 43.4 Å². The van der Waals surface area contributed by atoms with Crippen LogP contribution in [0.4, 0.5) is 0 Å². The SMILES string of the molecule is CN1CCC(OC(c2cccc(SCCOS(C)(=O)=O)c2)c2nc3ccccc3s2)CC1. The van der Waals surface area contributed by atoms with Gasteiger partial charge in [-0.3, -0.25) is 4.18 Å². The number of thioether (sulfide) groups is 1. The van der Waals surface area contributed by atoms with Crippen LogP contribution in [0, 0.1) is 0 Å². The summed E-state index contributed by atoms with van der Waals surface area (Å²) in [5.74, 6) is 0.554. The highest BCUT2D eigenvalue weighted by Gasteiger charge is 2.26. The molecule has 1 aromatic heterocycles. The third kappa shape index (κ3) is 6.52. The van der Waals surface area contributed by atoms with E-state index in [4.69, 9.17) is 13.9 Å². The van der Waals surface area contributed by atoms with E-state index < -0.39 is 10.1 Å². The Bertz CT molecular complexity index is 1110. The smallest absolute Gasteiger partial charge is 0.264 e. The predicted molar refractivity (Wildman–Crippen MR) is 131 cm³/mol. The fourth-order valence-corrected chi connectivity index (χ4v) is 6.03. The zero-order valence-corrected chi connectivity index (χ0v) is 20.7. The number of piperidine rings is 1. The van der Waals surface area contributed by atoms with Gasteiger partial charge in [-0.25, -0.2) is 4.98 Å². The van der Waals surface area contributed by atoms with Gasteiger partial charge in [-0.2, -0.15) is 8.42 Å². The lowest BCUT2D eigenvalue weighted by Gasteiger charge is -2.31. The van der Waals surface area contributed by atoms with Crippen molar-refractivity contribution in [3.8, 4) is 0 Å². The molecule has 1 fully saturated rings. The van der Waals surface area contributed by atoms with Crippen molar-refractivity contribution in [1.29, 1.82) is 0 Å². The second-order valence-corrected chi connectivity index (χ2v) is 11.9. The first-order chi connectivity index (χ1) is 15.4. The average Bonchev–Trinajstić information content (AvgIpc) is 3.20. The number of para-hydroxylation sites is 1. The van der Waals surface area contributed by atoms with E-state index in [-0.39, 0.29) is 18.8 Å². The third-order valence-electron chi connectivity index (χ3n) is 5.34. The Balaban J connectivity index is 1.55. The Labute approximate surface area is 198 Å². The lowest BCUT2D eigenvalue weighted by atomic mass is 10.1. The Morgan fingerprint density at radius 3 is 2.72 bits per heavy atom. The molecule has 1 aliphatic heterocycles. The van der Waals surface area contributed by atoms with Gasteiger partial charge in [0.25, 0.3) is 10.1 Å². The second kappa shape index (κ2) is 10.6. The van der Waals surface area contributed by atoms with Crippen molar-refractivity contribution in [3.05, 3.63) is 59.1 Å². The van der Waals surface area contributed by atoms with Gasteiger partial charge in [0.05, 0.1) is 29.2 Å². The largest absolute Gasteiger partial charge is 0.363 e. The van der Waals surface area contributed by atoms with E-state index in [1.807, 2.05) is 30.3 Å². The molecule has 0 radical (unpaired) electrons. The van der Waals surface area contributed by atoms with Crippen LogP contribution in [0.25, 0.3) is 10.2 Å². The van der Waals surface area contributed by atoms with Crippen LogP contribution in [0.15, 0.2) is 53.4 Å². The number of ether oxygens (including phenoxy) is 1. The molecular weight excluding hydrogens is 464 g/mol. The van der Waals surface area contributed by atoms with Gasteiger partial charge in [0.2, 0.25) is 0 Å². The number of aromatic nitrogens is 1. The van der Waals surface area contributed by atoms with Gasteiger partial charge in [-0.05, 0) is 49.7 Å². The van der Waals surface area contributed by atoms with E-state index in [0.29, 0.717) is 5.75 Å². The van der Waals surface area contributed by atoms with Crippen LogP contribution in [0.2, 0.25) is 0 Å². The molecule has 6 nitrogen and oxygen atoms in total. The van der Waals surface area contributed by atoms with E-state index in [2.05, 4.69) is 30.1 Å². The summed E-state index contributed by atoms with van der Waals surface area (Å²) in [6.45, 7) is 2.22. The minimum atomic E-state index is -3.41. The van der Waals surface area contributed by atoms with Gasteiger partial charge >= 0.3 is 0 Å². The highest BCUT2D eigenvalue weighted by atomic mass is 32.2. The van der Waals surface area contributed by atoms with Gasteiger partial charge in [-0.1, -0.05) is 24.3 Å². The van der Waals surface area contributed by atoms with Crippen LogP contribution in [-0.2, 0) is 19.0 Å². The summed E-state index contributed by atoms with van der Waals surface area (Å²) >= 11 is 3.25. The first-order valence-corrected chi connectivity index (χ1v) is 14.3. The molecule has 0 bridgehead atoms. The van der Waals surface area contributed by atoms with Crippen molar-refractivity contribution in [2.75, 3.05) is 38.8 Å². The highest BCUT2D eigenvalue weighted by Crippen LogP contribution is 2.36.